The number of nitrogens with one attached hydrogen (secondary N) is 1. The zero-order chi connectivity index (χ0) is 11.0. The number of aromatic amines is 1. The van der Waals surface area contributed by atoms with E-state index < -0.39 is 0 Å². The molecular weight excluding hydrogens is 198 g/mol. The van der Waals surface area contributed by atoms with Gasteiger partial charge in [-0.1, -0.05) is 26.2 Å². The number of rotatable bonds is 6. The lowest BCUT2D eigenvalue weighted by Gasteiger charge is -2.09. The van der Waals surface area contributed by atoms with Crippen molar-refractivity contribution in [3.8, 4) is 0 Å². The number of aromatic nitrogens is 1. The average molecular weight is 219 g/mol. The minimum Gasteiger partial charge on any atom is -0.363 e. The topological polar surface area (TPSA) is 28.3 Å². The Morgan fingerprint density at radius 3 is 2.94 bits per heavy atom. The van der Waals surface area contributed by atoms with E-state index in [0.717, 1.165) is 5.92 Å². The molecule has 0 aromatic carbocycles. The Balaban J connectivity index is 1.66. The van der Waals surface area contributed by atoms with Gasteiger partial charge in [0.25, 0.3) is 0 Å². The van der Waals surface area contributed by atoms with Crippen molar-refractivity contribution in [3.05, 3.63) is 24.0 Å². The monoisotopic (exact) mass is 219 g/mol. The standard InChI is InChI=1S/C14H21NO/c1-2-3-4-7-13-14(16-13,11-8-9-11)12-6-5-10-15-12/h5-6,10-11,13,15H,2-4,7-9H2,1H3. The van der Waals surface area contributed by atoms with Gasteiger partial charge in [-0.3, -0.25) is 0 Å². The Kier molecular flexibility index (Phi) is 2.55. The van der Waals surface area contributed by atoms with E-state index in [9.17, 15) is 0 Å². The van der Waals surface area contributed by atoms with Crippen LogP contribution in [0, 0.1) is 5.92 Å². The van der Waals surface area contributed by atoms with Crippen LogP contribution in [0.3, 0.4) is 0 Å². The Morgan fingerprint density at radius 2 is 2.31 bits per heavy atom. The highest BCUT2D eigenvalue weighted by Crippen LogP contribution is 2.61. The van der Waals surface area contributed by atoms with Crippen LogP contribution in [0.15, 0.2) is 18.3 Å². The van der Waals surface area contributed by atoms with Crippen molar-refractivity contribution in [2.24, 2.45) is 5.92 Å². The highest BCUT2D eigenvalue weighted by atomic mass is 16.6. The summed E-state index contributed by atoms with van der Waals surface area (Å²) in [5, 5.41) is 0. The Labute approximate surface area is 97.4 Å². The maximum atomic E-state index is 6.09. The van der Waals surface area contributed by atoms with Gasteiger partial charge in [0.1, 0.15) is 5.60 Å². The molecule has 16 heavy (non-hydrogen) atoms. The quantitative estimate of drug-likeness (QED) is 0.574. The van der Waals surface area contributed by atoms with E-state index in [4.69, 9.17) is 4.74 Å². The smallest absolute Gasteiger partial charge is 0.137 e. The van der Waals surface area contributed by atoms with Gasteiger partial charge < -0.3 is 9.72 Å². The van der Waals surface area contributed by atoms with Crippen LogP contribution in [0.4, 0.5) is 0 Å². The van der Waals surface area contributed by atoms with Crippen LogP contribution < -0.4 is 0 Å². The first-order valence-corrected chi connectivity index (χ1v) is 6.69. The summed E-state index contributed by atoms with van der Waals surface area (Å²) in [5.74, 6) is 0.790. The largest absolute Gasteiger partial charge is 0.363 e. The Hall–Kier alpha value is -0.760. The van der Waals surface area contributed by atoms with Gasteiger partial charge in [-0.05, 0) is 37.3 Å². The third-order valence-corrected chi connectivity index (χ3v) is 4.03. The molecule has 1 aromatic rings. The molecule has 0 spiro atoms. The molecule has 2 heterocycles. The average Bonchev–Trinajstić information content (AvgIpc) is 3.18. The molecule has 2 fully saturated rings. The highest BCUT2D eigenvalue weighted by molar-refractivity contribution is 5.27. The number of hydrogen-bond donors (Lipinski definition) is 1. The van der Waals surface area contributed by atoms with Crippen LogP contribution in [-0.4, -0.2) is 11.1 Å². The Bertz CT molecular complexity index is 342. The molecule has 1 aliphatic heterocycles. The van der Waals surface area contributed by atoms with Crippen LogP contribution in [0.5, 0.6) is 0 Å². The molecule has 2 heteroatoms. The molecule has 1 aliphatic carbocycles. The minimum absolute atomic E-state index is 0.0945. The van der Waals surface area contributed by atoms with Gasteiger partial charge in [0.15, 0.2) is 0 Å². The molecule has 1 saturated heterocycles. The van der Waals surface area contributed by atoms with Crippen LogP contribution in [0.2, 0.25) is 0 Å². The number of unbranched alkanes of at least 4 members (excludes halogenated alkanes) is 2. The van der Waals surface area contributed by atoms with Crippen molar-refractivity contribution in [2.45, 2.75) is 57.2 Å². The van der Waals surface area contributed by atoms with E-state index in [1.165, 1.54) is 44.2 Å². The summed E-state index contributed by atoms with van der Waals surface area (Å²) in [5.41, 5.74) is 1.41. The van der Waals surface area contributed by atoms with E-state index in [1.54, 1.807) is 0 Å². The van der Waals surface area contributed by atoms with Crippen molar-refractivity contribution in [1.82, 2.24) is 4.98 Å². The number of ether oxygens (including phenoxy) is 1. The summed E-state index contributed by atoms with van der Waals surface area (Å²) in [4.78, 5) is 3.36. The molecule has 0 radical (unpaired) electrons. The van der Waals surface area contributed by atoms with Crippen molar-refractivity contribution in [2.75, 3.05) is 0 Å². The second kappa shape index (κ2) is 3.92. The molecule has 2 aliphatic rings. The summed E-state index contributed by atoms with van der Waals surface area (Å²) in [6, 6.07) is 4.28. The summed E-state index contributed by atoms with van der Waals surface area (Å²) >= 11 is 0. The molecule has 2 atom stereocenters. The molecule has 2 nitrogen and oxygen atoms in total. The number of epoxide rings is 1. The van der Waals surface area contributed by atoms with Gasteiger partial charge >= 0.3 is 0 Å². The van der Waals surface area contributed by atoms with Crippen LogP contribution in [0.1, 0.15) is 51.1 Å². The SMILES string of the molecule is CCCCCC1OC1(c1ccc[nH]1)C1CC1. The summed E-state index contributed by atoms with van der Waals surface area (Å²) in [6.07, 6.45) is 10.4. The number of H-pyrrole nitrogens is 1. The first-order valence-electron chi connectivity index (χ1n) is 6.69. The third kappa shape index (κ3) is 1.60. The van der Waals surface area contributed by atoms with E-state index in [0.29, 0.717) is 6.10 Å². The van der Waals surface area contributed by atoms with Crippen molar-refractivity contribution in [1.29, 1.82) is 0 Å². The van der Waals surface area contributed by atoms with E-state index in [2.05, 4.69) is 24.0 Å². The second-order valence-electron chi connectivity index (χ2n) is 5.25. The zero-order valence-electron chi connectivity index (χ0n) is 10.0. The summed E-state index contributed by atoms with van der Waals surface area (Å²) in [7, 11) is 0. The molecule has 1 aromatic heterocycles. The van der Waals surface area contributed by atoms with E-state index in [-0.39, 0.29) is 5.60 Å². The van der Waals surface area contributed by atoms with Crippen molar-refractivity contribution in [3.63, 3.8) is 0 Å². The minimum atomic E-state index is 0.0945. The lowest BCUT2D eigenvalue weighted by molar-refractivity contribution is 0.264. The molecular formula is C14H21NO. The zero-order valence-corrected chi connectivity index (χ0v) is 10.0. The third-order valence-electron chi connectivity index (χ3n) is 4.03. The van der Waals surface area contributed by atoms with E-state index in [1.807, 2.05) is 6.20 Å². The molecule has 0 amide bonds. The predicted molar refractivity (Wildman–Crippen MR) is 64.2 cm³/mol. The van der Waals surface area contributed by atoms with Gasteiger partial charge in [0.05, 0.1) is 11.8 Å². The Morgan fingerprint density at radius 1 is 1.44 bits per heavy atom. The first kappa shape index (κ1) is 10.4. The molecule has 88 valence electrons. The molecule has 2 unspecified atom stereocenters. The maximum Gasteiger partial charge on any atom is 0.137 e. The predicted octanol–water partition coefficient (Wildman–Crippen LogP) is 3.60. The van der Waals surface area contributed by atoms with Gasteiger partial charge in [-0.25, -0.2) is 0 Å². The van der Waals surface area contributed by atoms with Gasteiger partial charge in [0, 0.05) is 6.20 Å². The van der Waals surface area contributed by atoms with E-state index >= 15 is 0 Å². The fraction of sp³-hybridized carbons (Fsp3) is 0.714. The maximum absolute atomic E-state index is 6.09. The summed E-state index contributed by atoms with van der Waals surface area (Å²) in [6.45, 7) is 2.26. The van der Waals surface area contributed by atoms with Gasteiger partial charge in [0.2, 0.25) is 0 Å². The number of hydrogen-bond acceptors (Lipinski definition) is 1. The second-order valence-corrected chi connectivity index (χ2v) is 5.25. The normalized spacial score (nSPS) is 32.9. The molecule has 1 N–H and O–H groups in total. The van der Waals surface area contributed by atoms with Crippen molar-refractivity contribution >= 4 is 0 Å². The first-order chi connectivity index (χ1) is 7.88. The van der Waals surface area contributed by atoms with Crippen LogP contribution in [0.25, 0.3) is 0 Å². The van der Waals surface area contributed by atoms with Crippen LogP contribution >= 0.6 is 0 Å². The fourth-order valence-corrected chi connectivity index (χ4v) is 2.96. The van der Waals surface area contributed by atoms with Gasteiger partial charge in [-0.2, -0.15) is 0 Å². The van der Waals surface area contributed by atoms with Gasteiger partial charge in [-0.15, -0.1) is 0 Å². The summed E-state index contributed by atoms with van der Waals surface area (Å²) < 4.78 is 6.09. The lowest BCUT2D eigenvalue weighted by Crippen LogP contribution is -2.16. The molecule has 1 saturated carbocycles. The molecule has 3 rings (SSSR count). The van der Waals surface area contributed by atoms with Crippen molar-refractivity contribution < 1.29 is 4.74 Å². The lowest BCUT2D eigenvalue weighted by atomic mass is 9.92. The fourth-order valence-electron chi connectivity index (χ4n) is 2.96. The van der Waals surface area contributed by atoms with Crippen LogP contribution in [-0.2, 0) is 10.3 Å². The highest BCUT2D eigenvalue weighted by Gasteiger charge is 2.65. The molecule has 0 bridgehead atoms.